The Morgan fingerprint density at radius 1 is 1.38 bits per heavy atom. The fourth-order valence-electron chi connectivity index (χ4n) is 2.35. The summed E-state index contributed by atoms with van der Waals surface area (Å²) in [6.07, 6.45) is 1.40. The Balaban J connectivity index is 1.51. The van der Waals surface area contributed by atoms with E-state index in [1.807, 2.05) is 37.3 Å². The van der Waals surface area contributed by atoms with E-state index in [1.54, 1.807) is 5.38 Å². The molecule has 8 heteroatoms. The van der Waals surface area contributed by atoms with Crippen molar-refractivity contribution in [3.05, 3.63) is 53.5 Å². The Labute approximate surface area is 140 Å². The number of rotatable bonds is 4. The molecule has 2 N–H and O–H groups in total. The third-order valence-electron chi connectivity index (χ3n) is 3.57. The number of carbonyl (C=O) groups is 1. The number of hydrogen-bond donors (Lipinski definition) is 2. The SMILES string of the molecule is C[C@@H](NC(=O)c1csc(-c2ncn[nH]2)n1)c1cc2ccccc2o1. The first kappa shape index (κ1) is 14.6. The third kappa shape index (κ3) is 2.67. The molecule has 24 heavy (non-hydrogen) atoms. The molecule has 0 bridgehead atoms. The Morgan fingerprint density at radius 3 is 3.04 bits per heavy atom. The second-order valence-electron chi connectivity index (χ2n) is 5.25. The molecule has 7 nitrogen and oxygen atoms in total. The summed E-state index contributed by atoms with van der Waals surface area (Å²) in [5, 5.41) is 12.7. The number of thiazole rings is 1. The van der Waals surface area contributed by atoms with Crippen molar-refractivity contribution in [2.45, 2.75) is 13.0 Å². The van der Waals surface area contributed by atoms with Crippen molar-refractivity contribution in [3.63, 3.8) is 0 Å². The topological polar surface area (TPSA) is 96.7 Å². The van der Waals surface area contributed by atoms with E-state index in [0.29, 0.717) is 22.3 Å². The number of amides is 1. The zero-order chi connectivity index (χ0) is 16.5. The van der Waals surface area contributed by atoms with Gasteiger partial charge in [0.15, 0.2) is 10.8 Å². The monoisotopic (exact) mass is 339 g/mol. The van der Waals surface area contributed by atoms with Gasteiger partial charge in [-0.3, -0.25) is 9.89 Å². The molecule has 0 saturated heterocycles. The molecule has 4 rings (SSSR count). The minimum absolute atomic E-state index is 0.259. The predicted octanol–water partition coefficient (Wildman–Crippen LogP) is 3.17. The van der Waals surface area contributed by atoms with Crippen LogP contribution < -0.4 is 5.32 Å². The Hall–Kier alpha value is -3.00. The van der Waals surface area contributed by atoms with Gasteiger partial charge < -0.3 is 9.73 Å². The van der Waals surface area contributed by atoms with E-state index in [1.165, 1.54) is 17.7 Å². The van der Waals surface area contributed by atoms with Crippen LogP contribution in [-0.2, 0) is 0 Å². The Morgan fingerprint density at radius 2 is 2.25 bits per heavy atom. The highest BCUT2D eigenvalue weighted by Crippen LogP contribution is 2.24. The zero-order valence-corrected chi connectivity index (χ0v) is 13.5. The number of fused-ring (bicyclic) bond motifs is 1. The first-order valence-electron chi connectivity index (χ1n) is 7.31. The minimum atomic E-state index is -0.264. The molecule has 3 aromatic heterocycles. The fraction of sp³-hybridized carbons (Fsp3) is 0.125. The molecule has 0 saturated carbocycles. The molecule has 0 aliphatic rings. The van der Waals surface area contributed by atoms with Crippen molar-refractivity contribution in [1.82, 2.24) is 25.5 Å². The molecule has 0 aliphatic carbocycles. The van der Waals surface area contributed by atoms with Gasteiger partial charge in [-0.1, -0.05) is 18.2 Å². The maximum atomic E-state index is 12.4. The molecule has 0 aliphatic heterocycles. The quantitative estimate of drug-likeness (QED) is 0.595. The smallest absolute Gasteiger partial charge is 0.271 e. The van der Waals surface area contributed by atoms with Crippen LogP contribution in [0.25, 0.3) is 21.8 Å². The van der Waals surface area contributed by atoms with Crippen LogP contribution in [0.3, 0.4) is 0 Å². The van der Waals surface area contributed by atoms with Crippen LogP contribution in [0.2, 0.25) is 0 Å². The Bertz CT molecular complexity index is 956. The standard InChI is InChI=1S/C16H13N5O2S/c1-9(13-6-10-4-2-3-5-12(10)23-13)19-15(22)11-7-24-16(20-11)14-17-8-18-21-14/h2-9H,1H3,(H,19,22)(H,17,18,21)/t9-/m1/s1. The van der Waals surface area contributed by atoms with E-state index in [9.17, 15) is 4.79 Å². The number of aromatic amines is 1. The largest absolute Gasteiger partial charge is 0.459 e. The third-order valence-corrected chi connectivity index (χ3v) is 4.42. The summed E-state index contributed by atoms with van der Waals surface area (Å²) in [6.45, 7) is 1.87. The van der Waals surface area contributed by atoms with E-state index in [4.69, 9.17) is 4.42 Å². The number of aromatic nitrogens is 4. The van der Waals surface area contributed by atoms with E-state index in [2.05, 4.69) is 25.5 Å². The van der Waals surface area contributed by atoms with Gasteiger partial charge in [-0.25, -0.2) is 9.97 Å². The summed E-state index contributed by atoms with van der Waals surface area (Å²) in [6, 6.07) is 9.41. The van der Waals surface area contributed by atoms with Crippen molar-refractivity contribution < 1.29 is 9.21 Å². The molecular formula is C16H13N5O2S. The number of benzene rings is 1. The minimum Gasteiger partial charge on any atom is -0.459 e. The number of carbonyl (C=O) groups excluding carboxylic acids is 1. The predicted molar refractivity (Wildman–Crippen MR) is 89.6 cm³/mol. The summed E-state index contributed by atoms with van der Waals surface area (Å²) < 4.78 is 5.77. The molecular weight excluding hydrogens is 326 g/mol. The van der Waals surface area contributed by atoms with Crippen LogP contribution >= 0.6 is 11.3 Å². The first-order valence-corrected chi connectivity index (χ1v) is 8.19. The van der Waals surface area contributed by atoms with Crippen LogP contribution in [0, 0.1) is 0 Å². The highest BCUT2D eigenvalue weighted by atomic mass is 32.1. The number of hydrogen-bond acceptors (Lipinski definition) is 6. The normalized spacial score (nSPS) is 12.4. The lowest BCUT2D eigenvalue weighted by Crippen LogP contribution is -2.26. The fourth-order valence-corrected chi connectivity index (χ4v) is 3.10. The molecule has 4 aromatic rings. The van der Waals surface area contributed by atoms with Crippen LogP contribution in [-0.4, -0.2) is 26.1 Å². The molecule has 120 valence electrons. The van der Waals surface area contributed by atoms with Crippen molar-refractivity contribution in [2.24, 2.45) is 0 Å². The van der Waals surface area contributed by atoms with E-state index < -0.39 is 0 Å². The molecule has 0 fully saturated rings. The second kappa shape index (κ2) is 5.89. The lowest BCUT2D eigenvalue weighted by atomic mass is 10.2. The van der Waals surface area contributed by atoms with E-state index >= 15 is 0 Å². The number of nitrogens with one attached hydrogen (secondary N) is 2. The molecule has 1 atom stereocenters. The van der Waals surface area contributed by atoms with Crippen molar-refractivity contribution in [1.29, 1.82) is 0 Å². The van der Waals surface area contributed by atoms with Crippen LogP contribution in [0.15, 0.2) is 46.5 Å². The maximum Gasteiger partial charge on any atom is 0.271 e. The molecule has 0 spiro atoms. The van der Waals surface area contributed by atoms with Crippen molar-refractivity contribution in [3.8, 4) is 10.8 Å². The lowest BCUT2D eigenvalue weighted by molar-refractivity contribution is 0.0931. The number of para-hydroxylation sites is 1. The summed E-state index contributed by atoms with van der Waals surface area (Å²) >= 11 is 1.33. The summed E-state index contributed by atoms with van der Waals surface area (Å²) in [4.78, 5) is 20.7. The van der Waals surface area contributed by atoms with Crippen LogP contribution in [0.5, 0.6) is 0 Å². The van der Waals surface area contributed by atoms with Crippen LogP contribution in [0.4, 0.5) is 0 Å². The zero-order valence-electron chi connectivity index (χ0n) is 12.7. The summed E-state index contributed by atoms with van der Waals surface area (Å²) in [7, 11) is 0. The second-order valence-corrected chi connectivity index (χ2v) is 6.11. The van der Waals surface area contributed by atoms with E-state index in [0.717, 1.165) is 11.0 Å². The molecule has 0 unspecified atom stereocenters. The van der Waals surface area contributed by atoms with Gasteiger partial charge in [0, 0.05) is 10.8 Å². The van der Waals surface area contributed by atoms with Crippen molar-refractivity contribution >= 4 is 28.2 Å². The molecule has 1 aromatic carbocycles. The Kier molecular flexibility index (Phi) is 3.58. The average molecular weight is 339 g/mol. The van der Waals surface area contributed by atoms with Crippen molar-refractivity contribution in [2.75, 3.05) is 0 Å². The first-order chi connectivity index (χ1) is 11.7. The highest BCUT2D eigenvalue weighted by Gasteiger charge is 2.18. The van der Waals surface area contributed by atoms with Gasteiger partial charge in [-0.05, 0) is 19.1 Å². The summed E-state index contributed by atoms with van der Waals surface area (Å²) in [5.74, 6) is 0.990. The number of nitrogens with zero attached hydrogens (tertiary/aromatic N) is 3. The average Bonchev–Trinajstić information content (AvgIpc) is 3.32. The molecule has 0 radical (unpaired) electrons. The highest BCUT2D eigenvalue weighted by molar-refractivity contribution is 7.13. The van der Waals surface area contributed by atoms with Gasteiger partial charge in [-0.2, -0.15) is 5.10 Å². The van der Waals surface area contributed by atoms with Gasteiger partial charge in [-0.15, -0.1) is 11.3 Å². The number of H-pyrrole nitrogens is 1. The molecule has 3 heterocycles. The van der Waals surface area contributed by atoms with E-state index in [-0.39, 0.29) is 11.9 Å². The summed E-state index contributed by atoms with van der Waals surface area (Å²) in [5.41, 5.74) is 1.14. The van der Waals surface area contributed by atoms with Gasteiger partial charge >= 0.3 is 0 Å². The van der Waals surface area contributed by atoms with Gasteiger partial charge in [0.2, 0.25) is 0 Å². The van der Waals surface area contributed by atoms with Gasteiger partial charge in [0.25, 0.3) is 5.91 Å². The van der Waals surface area contributed by atoms with Gasteiger partial charge in [0.05, 0.1) is 6.04 Å². The molecule has 1 amide bonds. The van der Waals surface area contributed by atoms with Crippen LogP contribution in [0.1, 0.15) is 29.2 Å². The lowest BCUT2D eigenvalue weighted by Gasteiger charge is -2.09. The van der Waals surface area contributed by atoms with Gasteiger partial charge in [0.1, 0.15) is 23.4 Å². The maximum absolute atomic E-state index is 12.4. The number of furan rings is 1.